The first-order valence-electron chi connectivity index (χ1n) is 6.26. The molecule has 1 aliphatic heterocycles. The van der Waals surface area contributed by atoms with Gasteiger partial charge in [0.05, 0.1) is 0 Å². The number of hydrogen-bond acceptors (Lipinski definition) is 4. The average molecular weight is 247 g/mol. The van der Waals surface area contributed by atoms with E-state index in [9.17, 15) is 0 Å². The van der Waals surface area contributed by atoms with E-state index in [1.807, 2.05) is 13.8 Å². The quantitative estimate of drug-likeness (QED) is 0.671. The van der Waals surface area contributed by atoms with Gasteiger partial charge in [0.2, 0.25) is 0 Å². The van der Waals surface area contributed by atoms with Crippen LogP contribution in [0.5, 0.6) is 0 Å². The zero-order chi connectivity index (χ0) is 12.0. The highest BCUT2D eigenvalue weighted by Gasteiger charge is 2.24. The zero-order valence-electron chi connectivity index (χ0n) is 10.9. The Kier molecular flexibility index (Phi) is 6.73. The first-order valence-corrected chi connectivity index (χ1v) is 7.21. The normalized spacial score (nSPS) is 27.6. The van der Waals surface area contributed by atoms with Crippen molar-refractivity contribution in [1.29, 1.82) is 0 Å². The molecule has 96 valence electrons. The molecule has 2 unspecified atom stereocenters. The van der Waals surface area contributed by atoms with Crippen LogP contribution in [0.3, 0.4) is 0 Å². The summed E-state index contributed by atoms with van der Waals surface area (Å²) in [5.74, 6) is 0. The van der Waals surface area contributed by atoms with Crippen molar-refractivity contribution in [2.45, 2.75) is 44.5 Å². The second-order valence-electron chi connectivity index (χ2n) is 4.32. The molecule has 2 atom stereocenters. The molecular weight excluding hydrogens is 222 g/mol. The van der Waals surface area contributed by atoms with E-state index in [0.29, 0.717) is 10.5 Å². The maximum Gasteiger partial charge on any atom is 0.170 e. The van der Waals surface area contributed by atoms with Gasteiger partial charge in [-0.25, -0.2) is 0 Å². The Morgan fingerprint density at radius 2 is 1.62 bits per heavy atom. The SMILES string of the molecule is CCOC(CN1CC(C)SC(C)C1)OCC. The predicted octanol–water partition coefficient (Wildman–Crippen LogP) is 2.21. The molecule has 0 spiro atoms. The highest BCUT2D eigenvalue weighted by molar-refractivity contribution is 8.00. The molecule has 1 fully saturated rings. The smallest absolute Gasteiger partial charge is 0.170 e. The molecule has 1 aliphatic rings. The van der Waals surface area contributed by atoms with Crippen LogP contribution in [0.4, 0.5) is 0 Å². The topological polar surface area (TPSA) is 21.7 Å². The Morgan fingerprint density at radius 1 is 1.12 bits per heavy atom. The van der Waals surface area contributed by atoms with Crippen LogP contribution in [0.15, 0.2) is 0 Å². The number of nitrogens with zero attached hydrogens (tertiary/aromatic N) is 1. The Bertz CT molecular complexity index is 176. The van der Waals surface area contributed by atoms with Crippen LogP contribution in [0.25, 0.3) is 0 Å². The third kappa shape index (κ3) is 5.04. The molecule has 3 nitrogen and oxygen atoms in total. The Labute approximate surface area is 104 Å². The van der Waals surface area contributed by atoms with E-state index in [1.54, 1.807) is 0 Å². The van der Waals surface area contributed by atoms with Gasteiger partial charge in [-0.05, 0) is 13.8 Å². The minimum atomic E-state index is -0.0579. The minimum Gasteiger partial charge on any atom is -0.352 e. The van der Waals surface area contributed by atoms with Crippen LogP contribution in [0.1, 0.15) is 27.7 Å². The lowest BCUT2D eigenvalue weighted by atomic mass is 10.3. The summed E-state index contributed by atoms with van der Waals surface area (Å²) in [6.07, 6.45) is -0.0579. The third-order valence-corrected chi connectivity index (χ3v) is 3.83. The van der Waals surface area contributed by atoms with Crippen molar-refractivity contribution >= 4 is 11.8 Å². The van der Waals surface area contributed by atoms with Crippen molar-refractivity contribution < 1.29 is 9.47 Å². The van der Waals surface area contributed by atoms with Gasteiger partial charge in [0.15, 0.2) is 6.29 Å². The Hall–Kier alpha value is 0.230. The van der Waals surface area contributed by atoms with Crippen LogP contribution in [0.2, 0.25) is 0 Å². The molecule has 0 radical (unpaired) electrons. The van der Waals surface area contributed by atoms with E-state index >= 15 is 0 Å². The molecule has 0 aromatic rings. The zero-order valence-corrected chi connectivity index (χ0v) is 11.8. The third-order valence-electron chi connectivity index (χ3n) is 2.61. The van der Waals surface area contributed by atoms with E-state index in [1.165, 1.54) is 0 Å². The molecule has 16 heavy (non-hydrogen) atoms. The largest absolute Gasteiger partial charge is 0.352 e. The molecule has 0 N–H and O–H groups in total. The molecule has 0 amide bonds. The van der Waals surface area contributed by atoms with Gasteiger partial charge in [-0.1, -0.05) is 13.8 Å². The minimum absolute atomic E-state index is 0.0579. The second-order valence-corrected chi connectivity index (χ2v) is 6.20. The molecule has 0 aliphatic carbocycles. The number of thioether (sulfide) groups is 1. The van der Waals surface area contributed by atoms with Crippen molar-refractivity contribution in [3.63, 3.8) is 0 Å². The Morgan fingerprint density at radius 3 is 2.06 bits per heavy atom. The van der Waals surface area contributed by atoms with Gasteiger partial charge in [-0.15, -0.1) is 0 Å². The number of rotatable bonds is 6. The lowest BCUT2D eigenvalue weighted by Crippen LogP contribution is -2.45. The summed E-state index contributed by atoms with van der Waals surface area (Å²) in [7, 11) is 0. The van der Waals surface area contributed by atoms with Crippen LogP contribution >= 0.6 is 11.8 Å². The molecule has 0 saturated carbocycles. The molecular formula is C12H25NO2S. The highest BCUT2D eigenvalue weighted by Crippen LogP contribution is 2.24. The molecule has 1 rings (SSSR count). The summed E-state index contributed by atoms with van der Waals surface area (Å²) >= 11 is 2.08. The van der Waals surface area contributed by atoms with Gasteiger partial charge >= 0.3 is 0 Å². The van der Waals surface area contributed by atoms with E-state index in [0.717, 1.165) is 32.8 Å². The number of hydrogen-bond donors (Lipinski definition) is 0. The summed E-state index contributed by atoms with van der Waals surface area (Å²) in [5.41, 5.74) is 0. The maximum absolute atomic E-state index is 5.58. The lowest BCUT2D eigenvalue weighted by Gasteiger charge is -2.36. The van der Waals surface area contributed by atoms with Gasteiger partial charge in [0.25, 0.3) is 0 Å². The highest BCUT2D eigenvalue weighted by atomic mass is 32.2. The Balaban J connectivity index is 2.37. The van der Waals surface area contributed by atoms with Gasteiger partial charge in [-0.2, -0.15) is 11.8 Å². The summed E-state index contributed by atoms with van der Waals surface area (Å²) in [6, 6.07) is 0. The van der Waals surface area contributed by atoms with Gasteiger partial charge in [-0.3, -0.25) is 4.90 Å². The van der Waals surface area contributed by atoms with E-state index < -0.39 is 0 Å². The van der Waals surface area contributed by atoms with Crippen molar-refractivity contribution in [2.24, 2.45) is 0 Å². The van der Waals surface area contributed by atoms with E-state index in [-0.39, 0.29) is 6.29 Å². The van der Waals surface area contributed by atoms with Crippen LogP contribution in [-0.4, -0.2) is 54.5 Å². The van der Waals surface area contributed by atoms with Crippen LogP contribution in [0, 0.1) is 0 Å². The average Bonchev–Trinajstić information content (AvgIpc) is 2.16. The molecule has 4 heteroatoms. The summed E-state index contributed by atoms with van der Waals surface area (Å²) in [4.78, 5) is 2.46. The fourth-order valence-corrected chi connectivity index (χ4v) is 3.56. The molecule has 1 heterocycles. The van der Waals surface area contributed by atoms with E-state index in [2.05, 4.69) is 30.5 Å². The van der Waals surface area contributed by atoms with Gasteiger partial charge in [0.1, 0.15) is 0 Å². The van der Waals surface area contributed by atoms with E-state index in [4.69, 9.17) is 9.47 Å². The van der Waals surface area contributed by atoms with Crippen molar-refractivity contribution in [2.75, 3.05) is 32.8 Å². The maximum atomic E-state index is 5.58. The standard InChI is InChI=1S/C12H25NO2S/c1-5-14-12(15-6-2)9-13-7-10(3)16-11(4)8-13/h10-12H,5-9H2,1-4H3. The fourth-order valence-electron chi connectivity index (χ4n) is 2.17. The van der Waals surface area contributed by atoms with Crippen LogP contribution in [-0.2, 0) is 9.47 Å². The molecule has 0 aromatic carbocycles. The van der Waals surface area contributed by atoms with Crippen LogP contribution < -0.4 is 0 Å². The van der Waals surface area contributed by atoms with Crippen molar-refractivity contribution in [1.82, 2.24) is 4.90 Å². The van der Waals surface area contributed by atoms with Crippen molar-refractivity contribution in [3.8, 4) is 0 Å². The first-order chi connectivity index (χ1) is 7.65. The fraction of sp³-hybridized carbons (Fsp3) is 1.00. The van der Waals surface area contributed by atoms with Crippen molar-refractivity contribution in [3.05, 3.63) is 0 Å². The summed E-state index contributed by atoms with van der Waals surface area (Å²) in [5, 5.41) is 1.43. The monoisotopic (exact) mass is 247 g/mol. The molecule has 1 saturated heterocycles. The lowest BCUT2D eigenvalue weighted by molar-refractivity contribution is -0.147. The summed E-state index contributed by atoms with van der Waals surface area (Å²) < 4.78 is 11.2. The van der Waals surface area contributed by atoms with Gasteiger partial charge < -0.3 is 9.47 Å². The predicted molar refractivity (Wildman–Crippen MR) is 70.0 cm³/mol. The second kappa shape index (κ2) is 7.54. The molecule has 0 aromatic heterocycles. The first kappa shape index (κ1) is 14.3. The van der Waals surface area contributed by atoms with Gasteiger partial charge in [0, 0.05) is 43.3 Å². The molecule has 0 bridgehead atoms. The number of ether oxygens (including phenoxy) is 2. The summed E-state index contributed by atoms with van der Waals surface area (Å²) in [6.45, 7) is 13.3.